The van der Waals surface area contributed by atoms with Gasteiger partial charge in [-0.25, -0.2) is 4.39 Å². The van der Waals surface area contributed by atoms with Gasteiger partial charge in [0.25, 0.3) is 0 Å². The number of hydrogen-bond acceptors (Lipinski definition) is 4. The minimum absolute atomic E-state index is 0.192. The van der Waals surface area contributed by atoms with Gasteiger partial charge in [-0.3, -0.25) is 9.36 Å². The third kappa shape index (κ3) is 2.61. The Bertz CT molecular complexity index is 591. The Morgan fingerprint density at radius 2 is 2.29 bits per heavy atom. The van der Waals surface area contributed by atoms with Crippen molar-refractivity contribution in [2.75, 3.05) is 6.61 Å². The van der Waals surface area contributed by atoms with E-state index in [1.165, 1.54) is 12.3 Å². The van der Waals surface area contributed by atoms with Crippen molar-refractivity contribution in [3.05, 3.63) is 35.8 Å². The lowest BCUT2D eigenvalue weighted by Gasteiger charge is -2.02. The third-order valence-corrected chi connectivity index (χ3v) is 2.56. The van der Waals surface area contributed by atoms with Crippen LogP contribution in [0.4, 0.5) is 4.39 Å². The van der Waals surface area contributed by atoms with Crippen LogP contribution in [0.5, 0.6) is 0 Å². The van der Waals surface area contributed by atoms with E-state index < -0.39 is 26.5 Å². The Kier molecular flexibility index (Phi) is 3.38. The summed E-state index contributed by atoms with van der Waals surface area (Å²) in [7, 11) is -3.19. The Hall–Kier alpha value is -1.49. The molecule has 0 amide bonds. The van der Waals surface area contributed by atoms with Gasteiger partial charge < -0.3 is 13.8 Å². The second-order valence-electron chi connectivity index (χ2n) is 3.27. The topological polar surface area (TPSA) is 76.7 Å². The lowest BCUT2D eigenvalue weighted by Crippen LogP contribution is -2.08. The van der Waals surface area contributed by atoms with Gasteiger partial charge in [-0.1, -0.05) is 0 Å². The van der Waals surface area contributed by atoms with Crippen molar-refractivity contribution in [3.63, 3.8) is 0 Å². The Labute approximate surface area is 95.8 Å². The van der Waals surface area contributed by atoms with Crippen molar-refractivity contribution in [1.82, 2.24) is 0 Å². The Balaban J connectivity index is 2.30. The molecule has 0 bridgehead atoms. The monoisotopic (exact) mass is 258 g/mol. The van der Waals surface area contributed by atoms with Crippen LogP contribution in [0.15, 0.2) is 28.9 Å². The van der Waals surface area contributed by atoms with Crippen LogP contribution >= 0.6 is 8.25 Å². The molecule has 0 aliphatic heterocycles. The number of Topliss-reactive ketones (excluding diaryl/α,β-unsaturated/α-hetero) is 1. The van der Waals surface area contributed by atoms with Crippen LogP contribution in [0.1, 0.15) is 10.4 Å². The number of furan rings is 1. The minimum Gasteiger partial charge on any atom is -0.464 e. The van der Waals surface area contributed by atoms with E-state index in [2.05, 4.69) is 4.52 Å². The second-order valence-corrected chi connectivity index (χ2v) is 4.09. The molecule has 1 aromatic heterocycles. The maximum atomic E-state index is 13.5. The lowest BCUT2D eigenvalue weighted by molar-refractivity contribution is 0.0913. The third-order valence-electron chi connectivity index (χ3n) is 2.17. The fraction of sp³-hybridized carbons (Fsp3) is 0.100. The first-order valence-electron chi connectivity index (χ1n) is 4.63. The van der Waals surface area contributed by atoms with Gasteiger partial charge in [0.2, 0.25) is 0 Å². The molecule has 0 fully saturated rings. The molecule has 5 nitrogen and oxygen atoms in total. The Morgan fingerprint density at radius 1 is 1.53 bits per heavy atom. The first kappa shape index (κ1) is 12.0. The summed E-state index contributed by atoms with van der Waals surface area (Å²) in [6.07, 6.45) is 1.38. The van der Waals surface area contributed by atoms with Crippen LogP contribution in [0.3, 0.4) is 0 Å². The highest BCUT2D eigenvalue weighted by Crippen LogP contribution is 2.22. The first-order valence-corrected chi connectivity index (χ1v) is 5.90. The van der Waals surface area contributed by atoms with Gasteiger partial charge in [0.15, 0.2) is 5.78 Å². The van der Waals surface area contributed by atoms with Gasteiger partial charge >= 0.3 is 8.25 Å². The molecule has 0 aliphatic carbocycles. The van der Waals surface area contributed by atoms with E-state index in [1.807, 2.05) is 0 Å². The van der Waals surface area contributed by atoms with E-state index in [1.54, 1.807) is 6.07 Å². The van der Waals surface area contributed by atoms with Crippen LogP contribution in [0.25, 0.3) is 11.0 Å². The van der Waals surface area contributed by atoms with Gasteiger partial charge in [0.05, 0.1) is 11.8 Å². The molecule has 17 heavy (non-hydrogen) atoms. The second kappa shape index (κ2) is 4.79. The number of carbonyl (C=O) groups is 1. The van der Waals surface area contributed by atoms with Crippen LogP contribution in [-0.4, -0.2) is 17.3 Å². The van der Waals surface area contributed by atoms with Crippen molar-refractivity contribution < 1.29 is 27.6 Å². The summed E-state index contributed by atoms with van der Waals surface area (Å²) in [5.74, 6) is -1.45. The van der Waals surface area contributed by atoms with E-state index in [4.69, 9.17) is 9.31 Å². The van der Waals surface area contributed by atoms with Crippen LogP contribution in [0, 0.1) is 5.82 Å². The number of carbonyl (C=O) groups excluding carboxylic acids is 1. The molecule has 0 saturated carbocycles. The highest BCUT2D eigenvalue weighted by atomic mass is 31.1. The number of hydrogen-bond donors (Lipinski definition) is 1. The smallest absolute Gasteiger partial charge is 0.317 e. The zero-order chi connectivity index (χ0) is 12.4. The van der Waals surface area contributed by atoms with Gasteiger partial charge in [0, 0.05) is 11.5 Å². The molecule has 0 spiro atoms. The molecule has 2 rings (SSSR count). The highest BCUT2D eigenvalue weighted by molar-refractivity contribution is 7.32. The largest absolute Gasteiger partial charge is 0.464 e. The van der Waals surface area contributed by atoms with Gasteiger partial charge in [-0.15, -0.1) is 0 Å². The molecule has 1 N–H and O–H groups in total. The molecule has 1 heterocycles. The van der Waals surface area contributed by atoms with Gasteiger partial charge in [-0.2, -0.15) is 0 Å². The van der Waals surface area contributed by atoms with Crippen LogP contribution in [0.2, 0.25) is 0 Å². The minimum atomic E-state index is -3.19. The number of fused-ring (bicyclic) bond motifs is 1. The molecular weight excluding hydrogens is 250 g/mol. The first-order chi connectivity index (χ1) is 8.08. The molecule has 1 unspecified atom stereocenters. The van der Waals surface area contributed by atoms with E-state index >= 15 is 0 Å². The van der Waals surface area contributed by atoms with Crippen molar-refractivity contribution >= 4 is 25.0 Å². The summed E-state index contributed by atoms with van der Waals surface area (Å²) >= 11 is 0. The van der Waals surface area contributed by atoms with Gasteiger partial charge in [0.1, 0.15) is 18.0 Å². The molecule has 90 valence electrons. The highest BCUT2D eigenvalue weighted by Gasteiger charge is 2.15. The van der Waals surface area contributed by atoms with Crippen molar-refractivity contribution in [2.45, 2.75) is 0 Å². The standard InChI is InChI=1S/C10H8FO5P/c11-8-4-10-6(1-2-15-10)3-7(8)9(12)5-16-17(13)14/h1-4,17H,5H2,(H,13,14). The molecular formula is C10H8FO5P. The SMILES string of the molecule is O=C(CO[PH](=O)O)c1cc2ccoc2cc1F. The number of halogens is 1. The zero-order valence-corrected chi connectivity index (χ0v) is 9.47. The molecule has 1 aromatic carbocycles. The average Bonchev–Trinajstić information content (AvgIpc) is 2.71. The van der Waals surface area contributed by atoms with E-state index in [0.717, 1.165) is 6.07 Å². The number of rotatable bonds is 4. The summed E-state index contributed by atoms with van der Waals surface area (Å²) in [6.45, 7) is -0.630. The fourth-order valence-electron chi connectivity index (χ4n) is 1.40. The summed E-state index contributed by atoms with van der Waals surface area (Å²) in [5.41, 5.74) is 0.137. The van der Waals surface area contributed by atoms with Crippen LogP contribution in [-0.2, 0) is 9.09 Å². The number of ketones is 1. The molecule has 0 aliphatic rings. The maximum absolute atomic E-state index is 13.5. The normalized spacial score (nSPS) is 12.8. The van der Waals surface area contributed by atoms with E-state index in [0.29, 0.717) is 11.0 Å². The summed E-state index contributed by atoms with van der Waals surface area (Å²) < 4.78 is 33.0. The quantitative estimate of drug-likeness (QED) is 0.671. The summed E-state index contributed by atoms with van der Waals surface area (Å²) in [4.78, 5) is 19.9. The Morgan fingerprint density at radius 3 is 3.00 bits per heavy atom. The van der Waals surface area contributed by atoms with E-state index in [-0.39, 0.29) is 5.56 Å². The summed E-state index contributed by atoms with van der Waals surface area (Å²) in [6, 6.07) is 3.99. The predicted octanol–water partition coefficient (Wildman–Crippen LogP) is 2.15. The predicted molar refractivity (Wildman–Crippen MR) is 57.7 cm³/mol. The van der Waals surface area contributed by atoms with Crippen molar-refractivity contribution in [2.24, 2.45) is 0 Å². The number of benzene rings is 1. The van der Waals surface area contributed by atoms with E-state index in [9.17, 15) is 13.8 Å². The fourth-order valence-corrected chi connectivity index (χ4v) is 1.66. The summed E-state index contributed by atoms with van der Waals surface area (Å²) in [5, 5.41) is 0.575. The lowest BCUT2D eigenvalue weighted by atomic mass is 10.1. The molecule has 0 radical (unpaired) electrons. The molecule has 0 saturated heterocycles. The molecule has 1 atom stereocenters. The van der Waals surface area contributed by atoms with Crippen LogP contribution < -0.4 is 0 Å². The zero-order valence-electron chi connectivity index (χ0n) is 8.47. The molecule has 7 heteroatoms. The molecule has 2 aromatic rings. The van der Waals surface area contributed by atoms with Crippen molar-refractivity contribution in [3.8, 4) is 0 Å². The maximum Gasteiger partial charge on any atom is 0.317 e. The van der Waals surface area contributed by atoms with Gasteiger partial charge in [-0.05, 0) is 12.1 Å². The van der Waals surface area contributed by atoms with Crippen molar-refractivity contribution in [1.29, 1.82) is 0 Å². The average molecular weight is 258 g/mol.